The van der Waals surface area contributed by atoms with Gasteiger partial charge in [0.2, 0.25) is 11.0 Å². The molecular weight excluding hydrogens is 442 g/mol. The van der Waals surface area contributed by atoms with Gasteiger partial charge in [0, 0.05) is 23.4 Å². The van der Waals surface area contributed by atoms with E-state index in [4.69, 9.17) is 0 Å². The number of fused-ring (bicyclic) bond motifs is 1. The highest BCUT2D eigenvalue weighted by atomic mass is 32.2. The Morgan fingerprint density at radius 2 is 1.87 bits per heavy atom. The molecular formula is C19H17N5O3S3. The lowest BCUT2D eigenvalue weighted by Gasteiger charge is -2.04. The van der Waals surface area contributed by atoms with Crippen molar-refractivity contribution in [2.45, 2.75) is 22.6 Å². The van der Waals surface area contributed by atoms with E-state index in [1.54, 1.807) is 18.2 Å². The molecule has 0 unspecified atom stereocenters. The van der Waals surface area contributed by atoms with Crippen molar-refractivity contribution in [3.05, 3.63) is 59.7 Å². The lowest BCUT2D eigenvalue weighted by atomic mass is 10.2. The van der Waals surface area contributed by atoms with Crippen molar-refractivity contribution in [3.8, 4) is 0 Å². The number of aryl methyl sites for hydroxylation is 1. The zero-order chi connectivity index (χ0) is 21.1. The van der Waals surface area contributed by atoms with Crippen molar-refractivity contribution < 1.29 is 13.2 Å². The zero-order valence-corrected chi connectivity index (χ0v) is 18.3. The first-order valence-electron chi connectivity index (χ1n) is 8.95. The van der Waals surface area contributed by atoms with Crippen LogP contribution in [0, 0.1) is 6.92 Å². The predicted molar refractivity (Wildman–Crippen MR) is 119 cm³/mol. The molecule has 0 atom stereocenters. The maximum Gasteiger partial charge on any atom is 0.285 e. The van der Waals surface area contributed by atoms with Crippen LogP contribution in [0.5, 0.6) is 0 Å². The number of anilines is 2. The first-order chi connectivity index (χ1) is 14.4. The van der Waals surface area contributed by atoms with E-state index in [-0.39, 0.29) is 16.6 Å². The van der Waals surface area contributed by atoms with Crippen LogP contribution in [0.2, 0.25) is 0 Å². The van der Waals surface area contributed by atoms with E-state index in [0.717, 1.165) is 11.3 Å². The molecule has 2 aromatic carbocycles. The summed E-state index contributed by atoms with van der Waals surface area (Å²) in [5.74, 6) is 0.705. The molecule has 1 aromatic heterocycles. The van der Waals surface area contributed by atoms with Gasteiger partial charge in [0.15, 0.2) is 10.2 Å². The van der Waals surface area contributed by atoms with Crippen LogP contribution in [0.3, 0.4) is 0 Å². The summed E-state index contributed by atoms with van der Waals surface area (Å²) >= 11 is 2.69. The second-order valence-corrected chi connectivity index (χ2v) is 10.3. The minimum absolute atomic E-state index is 0.0728. The van der Waals surface area contributed by atoms with Gasteiger partial charge in [0.05, 0.1) is 0 Å². The van der Waals surface area contributed by atoms with E-state index in [9.17, 15) is 13.2 Å². The molecule has 30 heavy (non-hydrogen) atoms. The molecule has 0 bridgehead atoms. The molecule has 2 N–H and O–H groups in total. The lowest BCUT2D eigenvalue weighted by Crippen LogP contribution is -2.12. The molecule has 0 saturated heterocycles. The van der Waals surface area contributed by atoms with Gasteiger partial charge in [-0.3, -0.25) is 4.79 Å². The average molecular weight is 460 g/mol. The number of carbonyl (C=O) groups excluding carboxylic acids is 1. The molecule has 11 heteroatoms. The van der Waals surface area contributed by atoms with Crippen LogP contribution in [0.25, 0.3) is 0 Å². The molecule has 0 radical (unpaired) electrons. The van der Waals surface area contributed by atoms with Crippen molar-refractivity contribution in [2.75, 3.05) is 16.4 Å². The Morgan fingerprint density at radius 3 is 2.67 bits per heavy atom. The summed E-state index contributed by atoms with van der Waals surface area (Å²) < 4.78 is 28.7. The van der Waals surface area contributed by atoms with Crippen LogP contribution >= 0.6 is 23.1 Å². The summed E-state index contributed by atoms with van der Waals surface area (Å²) in [6, 6.07) is 14.2. The first kappa shape index (κ1) is 20.5. The molecule has 0 aliphatic carbocycles. The monoisotopic (exact) mass is 459 g/mol. The topological polar surface area (TPSA) is 113 Å². The van der Waals surface area contributed by atoms with E-state index in [0.29, 0.717) is 27.2 Å². The Bertz CT molecular complexity index is 1220. The highest BCUT2D eigenvalue weighted by molar-refractivity contribution is 8.01. The van der Waals surface area contributed by atoms with E-state index in [1.807, 2.05) is 31.2 Å². The summed E-state index contributed by atoms with van der Waals surface area (Å²) in [7, 11) is -3.69. The number of sulfonamides is 1. The molecule has 1 amide bonds. The van der Waals surface area contributed by atoms with Crippen LogP contribution < -0.4 is 10.6 Å². The Labute approximate surface area is 181 Å². The maximum absolute atomic E-state index is 12.1. The van der Waals surface area contributed by atoms with Gasteiger partial charge in [0.25, 0.3) is 10.0 Å². The number of hydrogen-bond acceptors (Lipinski definition) is 8. The molecule has 0 spiro atoms. The van der Waals surface area contributed by atoms with Gasteiger partial charge in [-0.05, 0) is 31.2 Å². The molecule has 4 rings (SSSR count). The van der Waals surface area contributed by atoms with Crippen molar-refractivity contribution in [1.29, 1.82) is 0 Å². The summed E-state index contributed by atoms with van der Waals surface area (Å²) in [6.07, 6.45) is 0.333. The van der Waals surface area contributed by atoms with Crippen LogP contribution in [0.15, 0.2) is 62.2 Å². The van der Waals surface area contributed by atoms with E-state index < -0.39 is 10.0 Å². The highest BCUT2D eigenvalue weighted by Crippen LogP contribution is 2.30. The lowest BCUT2D eigenvalue weighted by molar-refractivity contribution is -0.115. The highest BCUT2D eigenvalue weighted by Gasteiger charge is 2.29. The van der Waals surface area contributed by atoms with Gasteiger partial charge in [-0.1, -0.05) is 52.9 Å². The molecule has 0 fully saturated rings. The fourth-order valence-corrected chi connectivity index (χ4v) is 5.64. The minimum atomic E-state index is -3.69. The normalized spacial score (nSPS) is 14.1. The van der Waals surface area contributed by atoms with Crippen LogP contribution in [0.1, 0.15) is 17.5 Å². The number of amides is 1. The second kappa shape index (κ2) is 8.54. The number of nitrogens with one attached hydrogen (secondary N) is 2. The van der Waals surface area contributed by atoms with Gasteiger partial charge in [-0.15, -0.1) is 14.6 Å². The average Bonchev–Trinajstić information content (AvgIpc) is 3.26. The van der Waals surface area contributed by atoms with Gasteiger partial charge >= 0.3 is 0 Å². The minimum Gasteiger partial charge on any atom is -0.326 e. The summed E-state index contributed by atoms with van der Waals surface area (Å²) in [5.41, 5.74) is 2.41. The van der Waals surface area contributed by atoms with E-state index in [1.165, 1.54) is 29.2 Å². The smallest absolute Gasteiger partial charge is 0.285 e. The van der Waals surface area contributed by atoms with Gasteiger partial charge in [0.1, 0.15) is 4.90 Å². The van der Waals surface area contributed by atoms with Gasteiger partial charge in [-0.2, -0.15) is 8.42 Å². The quantitative estimate of drug-likeness (QED) is 0.542. The van der Waals surface area contributed by atoms with Crippen LogP contribution in [-0.2, 0) is 14.8 Å². The predicted octanol–water partition coefficient (Wildman–Crippen LogP) is 3.53. The Kier molecular flexibility index (Phi) is 5.84. The Balaban J connectivity index is 1.31. The molecule has 1 aliphatic heterocycles. The second-order valence-electron chi connectivity index (χ2n) is 6.42. The molecule has 154 valence electrons. The number of aromatic nitrogens is 2. The third-order valence-electron chi connectivity index (χ3n) is 4.15. The molecule has 3 aromatic rings. The summed E-state index contributed by atoms with van der Waals surface area (Å²) in [4.78, 5) is 12.2. The number of carbonyl (C=O) groups is 1. The number of benzene rings is 2. The molecule has 2 heterocycles. The SMILES string of the molecule is Cc1ccc(NC(=O)CCSc2nnc(NC3=NS(=O)(=O)c4ccccc43)s2)cc1. The van der Waals surface area contributed by atoms with Crippen molar-refractivity contribution in [2.24, 2.45) is 4.40 Å². The van der Waals surface area contributed by atoms with Crippen molar-refractivity contribution >= 4 is 55.7 Å². The number of nitrogens with zero attached hydrogens (tertiary/aromatic N) is 3. The molecule has 8 nitrogen and oxygen atoms in total. The first-order valence-corrected chi connectivity index (χ1v) is 12.2. The standard InChI is InChI=1S/C19H17N5O3S3/c1-12-6-8-13(9-7-12)20-16(25)10-11-28-19-23-22-18(29-19)21-17-14-4-2-3-5-15(14)30(26,27)24-17/h2-9H,10-11H2,1H3,(H,20,25)(H,21,22,24). The van der Waals surface area contributed by atoms with E-state index >= 15 is 0 Å². The van der Waals surface area contributed by atoms with Crippen molar-refractivity contribution in [1.82, 2.24) is 10.2 Å². The van der Waals surface area contributed by atoms with Crippen molar-refractivity contribution in [3.63, 3.8) is 0 Å². The fourth-order valence-electron chi connectivity index (χ4n) is 2.71. The summed E-state index contributed by atoms with van der Waals surface area (Å²) in [5, 5.41) is 14.3. The number of rotatable bonds is 6. The van der Waals surface area contributed by atoms with E-state index in [2.05, 4.69) is 25.2 Å². The summed E-state index contributed by atoms with van der Waals surface area (Å²) in [6.45, 7) is 1.99. The number of hydrogen-bond donors (Lipinski definition) is 2. The Hall–Kier alpha value is -2.76. The Morgan fingerprint density at radius 1 is 1.10 bits per heavy atom. The number of thioether (sulfide) groups is 1. The third-order valence-corrected chi connectivity index (χ3v) is 7.46. The van der Waals surface area contributed by atoms with Gasteiger partial charge in [-0.25, -0.2) is 0 Å². The fraction of sp³-hybridized carbons (Fsp3) is 0.158. The molecule has 0 saturated carbocycles. The zero-order valence-electron chi connectivity index (χ0n) is 15.8. The van der Waals surface area contributed by atoms with Gasteiger partial charge < -0.3 is 10.6 Å². The largest absolute Gasteiger partial charge is 0.326 e. The third kappa shape index (κ3) is 4.69. The maximum atomic E-state index is 12.1. The van der Waals surface area contributed by atoms with Crippen LogP contribution in [0.4, 0.5) is 10.8 Å². The number of amidine groups is 1. The molecule has 1 aliphatic rings. The van der Waals surface area contributed by atoms with Crippen LogP contribution in [-0.4, -0.2) is 36.1 Å².